The summed E-state index contributed by atoms with van der Waals surface area (Å²) in [5.41, 5.74) is 0. The number of carbonyl (C=O) groups is 2. The highest BCUT2D eigenvalue weighted by molar-refractivity contribution is 5.76. The van der Waals surface area contributed by atoms with E-state index in [0.717, 1.165) is 0 Å². The van der Waals surface area contributed by atoms with Crippen molar-refractivity contribution in [1.82, 2.24) is 5.32 Å². The van der Waals surface area contributed by atoms with Gasteiger partial charge in [-0.15, -0.1) is 0 Å². The number of carboxylic acids is 1. The lowest BCUT2D eigenvalue weighted by Crippen LogP contribution is -2.34. The third kappa shape index (κ3) is 8.19. The van der Waals surface area contributed by atoms with Gasteiger partial charge in [0, 0.05) is 33.8 Å². The molecule has 0 aliphatic carbocycles. The average Bonchev–Trinajstić information content (AvgIpc) is 2.24. The van der Waals surface area contributed by atoms with E-state index in [2.05, 4.69) is 5.32 Å². The van der Waals surface area contributed by atoms with E-state index >= 15 is 0 Å². The van der Waals surface area contributed by atoms with Crippen molar-refractivity contribution < 1.29 is 24.2 Å². The molecule has 0 saturated carbocycles. The number of ether oxygens (including phenoxy) is 2. The van der Waals surface area contributed by atoms with Gasteiger partial charge >= 0.3 is 5.97 Å². The lowest BCUT2D eigenvalue weighted by atomic mass is 10.2. The number of hydrogen-bond donors (Lipinski definition) is 2. The van der Waals surface area contributed by atoms with E-state index in [4.69, 9.17) is 14.6 Å². The van der Waals surface area contributed by atoms with Gasteiger partial charge < -0.3 is 19.9 Å². The van der Waals surface area contributed by atoms with Gasteiger partial charge in [0.1, 0.15) is 0 Å². The van der Waals surface area contributed by atoms with Crippen molar-refractivity contribution in [3.05, 3.63) is 0 Å². The first kappa shape index (κ1) is 14.9. The summed E-state index contributed by atoms with van der Waals surface area (Å²) in [5.74, 6) is -1.06. The molecule has 0 bridgehead atoms. The van der Waals surface area contributed by atoms with Crippen LogP contribution in [0, 0.1) is 0 Å². The molecule has 2 N–H and O–H groups in total. The molecule has 0 spiro atoms. The van der Waals surface area contributed by atoms with Crippen molar-refractivity contribution in [3.63, 3.8) is 0 Å². The minimum Gasteiger partial charge on any atom is -0.481 e. The standard InChI is InChI=1S/C10H19NO5/c1-15-5-3-4-9(12)11-7-8(16-2)6-10(13)14/h8H,3-7H2,1-2H3,(H,11,12)(H,13,14). The molecule has 16 heavy (non-hydrogen) atoms. The second kappa shape index (κ2) is 9.11. The quantitative estimate of drug-likeness (QED) is 0.548. The fraction of sp³-hybridized carbons (Fsp3) is 0.800. The first-order chi connectivity index (χ1) is 7.60. The average molecular weight is 233 g/mol. The number of nitrogens with one attached hydrogen (secondary N) is 1. The molecule has 0 saturated heterocycles. The summed E-state index contributed by atoms with van der Waals surface area (Å²) in [5, 5.41) is 11.2. The van der Waals surface area contributed by atoms with Crippen molar-refractivity contribution in [2.24, 2.45) is 0 Å². The number of carboxylic acid groups (broad SMARTS) is 1. The van der Waals surface area contributed by atoms with Crippen LogP contribution in [0.15, 0.2) is 0 Å². The number of hydrogen-bond acceptors (Lipinski definition) is 4. The summed E-state index contributed by atoms with van der Waals surface area (Å²) in [7, 11) is 3.00. The molecular weight excluding hydrogens is 214 g/mol. The van der Waals surface area contributed by atoms with Crippen LogP contribution in [-0.2, 0) is 19.1 Å². The minimum atomic E-state index is -0.944. The summed E-state index contributed by atoms with van der Waals surface area (Å²) in [6.07, 6.45) is 0.425. The zero-order valence-electron chi connectivity index (χ0n) is 9.69. The van der Waals surface area contributed by atoms with E-state index in [1.54, 1.807) is 7.11 Å². The van der Waals surface area contributed by atoms with Crippen molar-refractivity contribution in [2.45, 2.75) is 25.4 Å². The Morgan fingerprint density at radius 3 is 2.56 bits per heavy atom. The fourth-order valence-corrected chi connectivity index (χ4v) is 1.13. The van der Waals surface area contributed by atoms with E-state index in [9.17, 15) is 9.59 Å². The number of rotatable bonds is 9. The summed E-state index contributed by atoms with van der Waals surface area (Å²) >= 11 is 0. The third-order valence-corrected chi connectivity index (χ3v) is 2.01. The Kier molecular flexibility index (Phi) is 8.46. The molecule has 0 aliphatic rings. The second-order valence-electron chi connectivity index (χ2n) is 3.36. The van der Waals surface area contributed by atoms with Crippen LogP contribution in [-0.4, -0.2) is 50.5 Å². The van der Waals surface area contributed by atoms with Crippen LogP contribution in [0.1, 0.15) is 19.3 Å². The second-order valence-corrected chi connectivity index (χ2v) is 3.36. The Hall–Kier alpha value is -1.14. The van der Waals surface area contributed by atoms with Crippen molar-refractivity contribution >= 4 is 11.9 Å². The molecular formula is C10H19NO5. The molecule has 0 aromatic carbocycles. The van der Waals surface area contributed by atoms with E-state index < -0.39 is 12.1 Å². The van der Waals surface area contributed by atoms with Crippen LogP contribution in [0.2, 0.25) is 0 Å². The van der Waals surface area contributed by atoms with Gasteiger partial charge in [-0.2, -0.15) is 0 Å². The summed E-state index contributed by atoms with van der Waals surface area (Å²) in [6, 6.07) is 0. The van der Waals surface area contributed by atoms with Crippen LogP contribution >= 0.6 is 0 Å². The van der Waals surface area contributed by atoms with E-state index in [1.807, 2.05) is 0 Å². The topological polar surface area (TPSA) is 84.9 Å². The molecule has 1 unspecified atom stereocenters. The normalized spacial score (nSPS) is 12.1. The lowest BCUT2D eigenvalue weighted by molar-refractivity contribution is -0.140. The molecule has 0 aliphatic heterocycles. The monoisotopic (exact) mass is 233 g/mol. The molecule has 1 atom stereocenters. The van der Waals surface area contributed by atoms with Gasteiger partial charge in [-0.1, -0.05) is 0 Å². The van der Waals surface area contributed by atoms with Gasteiger partial charge in [0.05, 0.1) is 12.5 Å². The molecule has 0 fully saturated rings. The summed E-state index contributed by atoms with van der Waals surface area (Å²) in [6.45, 7) is 0.755. The van der Waals surface area contributed by atoms with Gasteiger partial charge in [-0.3, -0.25) is 9.59 Å². The van der Waals surface area contributed by atoms with E-state index in [1.165, 1.54) is 7.11 Å². The molecule has 94 valence electrons. The Bertz CT molecular complexity index is 219. The first-order valence-electron chi connectivity index (χ1n) is 5.10. The SMILES string of the molecule is COCCCC(=O)NCC(CC(=O)O)OC. The van der Waals surface area contributed by atoms with Crippen LogP contribution in [0.25, 0.3) is 0 Å². The fourth-order valence-electron chi connectivity index (χ4n) is 1.13. The minimum absolute atomic E-state index is 0.116. The highest BCUT2D eigenvalue weighted by Gasteiger charge is 2.13. The summed E-state index contributed by atoms with van der Waals surface area (Å²) < 4.78 is 9.73. The van der Waals surface area contributed by atoms with Crippen LogP contribution in [0.4, 0.5) is 0 Å². The Balaban J connectivity index is 3.66. The van der Waals surface area contributed by atoms with Gasteiger partial charge in [-0.25, -0.2) is 0 Å². The van der Waals surface area contributed by atoms with Gasteiger partial charge in [0.15, 0.2) is 0 Å². The number of amides is 1. The van der Waals surface area contributed by atoms with Gasteiger partial charge in [0.25, 0.3) is 0 Å². The Morgan fingerprint density at radius 2 is 2.06 bits per heavy atom. The smallest absolute Gasteiger partial charge is 0.306 e. The predicted molar refractivity (Wildman–Crippen MR) is 57.2 cm³/mol. The Labute approximate surface area is 94.9 Å². The van der Waals surface area contributed by atoms with Gasteiger partial charge in [0.2, 0.25) is 5.91 Å². The molecule has 0 heterocycles. The first-order valence-corrected chi connectivity index (χ1v) is 5.10. The van der Waals surface area contributed by atoms with Crippen LogP contribution in [0.5, 0.6) is 0 Å². The number of aliphatic carboxylic acids is 1. The largest absolute Gasteiger partial charge is 0.481 e. The molecule has 0 aromatic rings. The number of carbonyl (C=O) groups excluding carboxylic acids is 1. The van der Waals surface area contributed by atoms with Crippen molar-refractivity contribution in [2.75, 3.05) is 27.4 Å². The van der Waals surface area contributed by atoms with Crippen molar-refractivity contribution in [3.8, 4) is 0 Å². The zero-order valence-corrected chi connectivity index (χ0v) is 9.69. The maximum absolute atomic E-state index is 11.3. The maximum atomic E-state index is 11.3. The molecule has 6 nitrogen and oxygen atoms in total. The van der Waals surface area contributed by atoms with Crippen LogP contribution < -0.4 is 5.32 Å². The Morgan fingerprint density at radius 1 is 1.38 bits per heavy atom. The molecule has 0 rings (SSSR count). The van der Waals surface area contributed by atoms with Crippen molar-refractivity contribution in [1.29, 1.82) is 0 Å². The third-order valence-electron chi connectivity index (χ3n) is 2.01. The highest BCUT2D eigenvalue weighted by atomic mass is 16.5. The molecule has 0 radical (unpaired) electrons. The lowest BCUT2D eigenvalue weighted by Gasteiger charge is -2.13. The molecule has 1 amide bonds. The molecule has 6 heteroatoms. The summed E-state index contributed by atoms with van der Waals surface area (Å²) in [4.78, 5) is 21.7. The zero-order chi connectivity index (χ0) is 12.4. The highest BCUT2D eigenvalue weighted by Crippen LogP contribution is 1.96. The van der Waals surface area contributed by atoms with Crippen LogP contribution in [0.3, 0.4) is 0 Å². The van der Waals surface area contributed by atoms with E-state index in [-0.39, 0.29) is 18.9 Å². The predicted octanol–water partition coefficient (Wildman–Crippen LogP) is 0.0189. The maximum Gasteiger partial charge on any atom is 0.306 e. The number of methoxy groups -OCH3 is 2. The molecule has 0 aromatic heterocycles. The van der Waals surface area contributed by atoms with Gasteiger partial charge in [-0.05, 0) is 6.42 Å². The van der Waals surface area contributed by atoms with E-state index in [0.29, 0.717) is 19.4 Å².